The van der Waals surface area contributed by atoms with Crippen molar-refractivity contribution in [2.24, 2.45) is 5.73 Å². The van der Waals surface area contributed by atoms with Gasteiger partial charge in [0.05, 0.1) is 13.7 Å². The van der Waals surface area contributed by atoms with E-state index < -0.39 is 0 Å². The maximum atomic E-state index is 5.68. The molecule has 0 aliphatic rings. The Hall–Kier alpha value is -1.65. The smallest absolute Gasteiger partial charge is 0.119 e. The van der Waals surface area contributed by atoms with Crippen molar-refractivity contribution >= 4 is 11.8 Å². The first-order chi connectivity index (χ1) is 9.81. The number of ether oxygens (including phenoxy) is 2. The lowest BCUT2D eigenvalue weighted by atomic mass is 10.2. The van der Waals surface area contributed by atoms with Gasteiger partial charge in [-0.1, -0.05) is 12.1 Å². The third-order valence-corrected chi connectivity index (χ3v) is 3.82. The van der Waals surface area contributed by atoms with Crippen LogP contribution < -0.4 is 15.2 Å². The molecular weight excluding hydrogens is 270 g/mol. The number of hydrogen-bond donors (Lipinski definition) is 1. The lowest BCUT2D eigenvalue weighted by Crippen LogP contribution is -2.00. The highest BCUT2D eigenvalue weighted by Crippen LogP contribution is 2.20. The second kappa shape index (κ2) is 7.82. The number of benzene rings is 2. The third kappa shape index (κ3) is 4.47. The number of methoxy groups -OCH3 is 1. The maximum Gasteiger partial charge on any atom is 0.119 e. The molecule has 4 heteroatoms. The van der Waals surface area contributed by atoms with E-state index >= 15 is 0 Å². The van der Waals surface area contributed by atoms with Crippen LogP contribution in [0.25, 0.3) is 0 Å². The van der Waals surface area contributed by atoms with Gasteiger partial charge in [0.2, 0.25) is 0 Å². The van der Waals surface area contributed by atoms with Gasteiger partial charge in [0.1, 0.15) is 11.5 Å². The fourth-order valence-corrected chi connectivity index (χ4v) is 2.44. The number of nitrogens with two attached hydrogens (primary N) is 1. The van der Waals surface area contributed by atoms with E-state index in [9.17, 15) is 0 Å². The predicted molar refractivity (Wildman–Crippen MR) is 83.5 cm³/mol. The normalized spacial score (nSPS) is 10.3. The van der Waals surface area contributed by atoms with Gasteiger partial charge in [-0.05, 0) is 42.0 Å². The summed E-state index contributed by atoms with van der Waals surface area (Å²) in [5, 5.41) is 0. The quantitative estimate of drug-likeness (QED) is 0.627. The number of thioether (sulfide) groups is 1. The molecule has 0 unspecified atom stereocenters. The lowest BCUT2D eigenvalue weighted by Gasteiger charge is -2.07. The zero-order chi connectivity index (χ0) is 14.2. The van der Waals surface area contributed by atoms with Gasteiger partial charge in [-0.2, -0.15) is 0 Å². The number of hydrogen-bond acceptors (Lipinski definition) is 4. The first-order valence-corrected chi connectivity index (χ1v) is 7.49. The molecule has 2 rings (SSSR count). The fraction of sp³-hybridized carbons (Fsp3) is 0.250. The molecule has 0 heterocycles. The van der Waals surface area contributed by atoms with Crippen LogP contribution in [0.4, 0.5) is 0 Å². The van der Waals surface area contributed by atoms with Gasteiger partial charge >= 0.3 is 0 Å². The van der Waals surface area contributed by atoms with Gasteiger partial charge < -0.3 is 15.2 Å². The van der Waals surface area contributed by atoms with Gasteiger partial charge in [0, 0.05) is 17.2 Å². The van der Waals surface area contributed by atoms with Gasteiger partial charge in [-0.25, -0.2) is 0 Å². The molecule has 0 amide bonds. The fourth-order valence-electron chi connectivity index (χ4n) is 1.71. The van der Waals surface area contributed by atoms with Crippen LogP contribution in [-0.2, 0) is 6.54 Å². The van der Waals surface area contributed by atoms with Gasteiger partial charge in [0.15, 0.2) is 0 Å². The molecule has 2 aromatic rings. The van der Waals surface area contributed by atoms with Crippen molar-refractivity contribution in [2.75, 3.05) is 19.5 Å². The second-order valence-corrected chi connectivity index (χ2v) is 5.39. The minimum absolute atomic E-state index is 0.589. The molecule has 106 valence electrons. The summed E-state index contributed by atoms with van der Waals surface area (Å²) in [6, 6.07) is 15.9. The van der Waals surface area contributed by atoms with Crippen LogP contribution in [-0.4, -0.2) is 19.5 Å². The van der Waals surface area contributed by atoms with E-state index in [1.54, 1.807) is 18.9 Å². The van der Waals surface area contributed by atoms with Gasteiger partial charge in [-0.3, -0.25) is 0 Å². The Morgan fingerprint density at radius 1 is 0.950 bits per heavy atom. The van der Waals surface area contributed by atoms with Crippen molar-refractivity contribution in [1.29, 1.82) is 0 Å². The Balaban J connectivity index is 1.72. The molecule has 0 aromatic heterocycles. The summed E-state index contributed by atoms with van der Waals surface area (Å²) in [7, 11) is 1.66. The molecule has 3 nitrogen and oxygen atoms in total. The first kappa shape index (κ1) is 14.8. The van der Waals surface area contributed by atoms with Crippen molar-refractivity contribution < 1.29 is 9.47 Å². The molecule has 0 spiro atoms. The van der Waals surface area contributed by atoms with Crippen LogP contribution in [0.2, 0.25) is 0 Å². The minimum Gasteiger partial charge on any atom is -0.497 e. The van der Waals surface area contributed by atoms with Crippen molar-refractivity contribution in [2.45, 2.75) is 11.4 Å². The van der Waals surface area contributed by atoms with Crippen LogP contribution in [0.5, 0.6) is 11.5 Å². The summed E-state index contributed by atoms with van der Waals surface area (Å²) >= 11 is 1.78. The van der Waals surface area contributed by atoms with E-state index in [0.29, 0.717) is 13.2 Å². The zero-order valence-corrected chi connectivity index (χ0v) is 12.4. The molecule has 0 aliphatic heterocycles. The Kier molecular flexibility index (Phi) is 5.77. The Morgan fingerprint density at radius 2 is 1.60 bits per heavy atom. The molecule has 0 fully saturated rings. The van der Waals surface area contributed by atoms with Crippen LogP contribution in [0, 0.1) is 0 Å². The highest BCUT2D eigenvalue weighted by Gasteiger charge is 1.97. The standard InChI is InChI=1S/C16H19NO2S/c1-18-14-4-6-15(7-5-14)19-10-11-20-16-8-2-13(12-17)3-9-16/h2-9H,10-12,17H2,1H3. The lowest BCUT2D eigenvalue weighted by molar-refractivity contribution is 0.342. The summed E-state index contributed by atoms with van der Waals surface area (Å²) in [5.41, 5.74) is 6.73. The molecule has 0 saturated carbocycles. The maximum absolute atomic E-state index is 5.68. The summed E-state index contributed by atoms with van der Waals surface area (Å²) in [4.78, 5) is 1.24. The van der Waals surface area contributed by atoms with Crippen molar-refractivity contribution in [3.8, 4) is 11.5 Å². The SMILES string of the molecule is COc1ccc(OCCSc2ccc(CN)cc2)cc1. The molecule has 0 bridgehead atoms. The predicted octanol–water partition coefficient (Wildman–Crippen LogP) is 3.33. The Morgan fingerprint density at radius 3 is 2.20 bits per heavy atom. The van der Waals surface area contributed by atoms with E-state index in [-0.39, 0.29) is 0 Å². The molecule has 2 N–H and O–H groups in total. The summed E-state index contributed by atoms with van der Waals surface area (Å²) < 4.78 is 10.8. The summed E-state index contributed by atoms with van der Waals surface area (Å²) in [6.07, 6.45) is 0. The van der Waals surface area contributed by atoms with Crippen LogP contribution in [0.3, 0.4) is 0 Å². The molecular formula is C16H19NO2S. The van der Waals surface area contributed by atoms with Gasteiger partial charge in [-0.15, -0.1) is 11.8 Å². The monoisotopic (exact) mass is 289 g/mol. The van der Waals surface area contributed by atoms with E-state index in [0.717, 1.165) is 22.8 Å². The molecule has 0 aliphatic carbocycles. The highest BCUT2D eigenvalue weighted by atomic mass is 32.2. The average molecular weight is 289 g/mol. The van der Waals surface area contributed by atoms with E-state index in [2.05, 4.69) is 24.3 Å². The van der Waals surface area contributed by atoms with Gasteiger partial charge in [0.25, 0.3) is 0 Å². The van der Waals surface area contributed by atoms with Crippen LogP contribution in [0.15, 0.2) is 53.4 Å². The summed E-state index contributed by atoms with van der Waals surface area (Å²) in [6.45, 7) is 1.27. The minimum atomic E-state index is 0.589. The second-order valence-electron chi connectivity index (χ2n) is 4.22. The third-order valence-electron chi connectivity index (χ3n) is 2.84. The first-order valence-electron chi connectivity index (χ1n) is 6.50. The molecule has 20 heavy (non-hydrogen) atoms. The highest BCUT2D eigenvalue weighted by molar-refractivity contribution is 7.99. The molecule has 0 radical (unpaired) electrons. The average Bonchev–Trinajstić information content (AvgIpc) is 2.53. The molecule has 0 atom stereocenters. The Labute approximate surface area is 124 Å². The van der Waals surface area contributed by atoms with Crippen molar-refractivity contribution in [1.82, 2.24) is 0 Å². The largest absolute Gasteiger partial charge is 0.497 e. The van der Waals surface area contributed by atoms with E-state index in [1.807, 2.05) is 24.3 Å². The Bertz CT molecular complexity index is 462. The number of rotatable bonds is 7. The topological polar surface area (TPSA) is 44.5 Å². The van der Waals surface area contributed by atoms with E-state index in [1.165, 1.54) is 4.90 Å². The van der Waals surface area contributed by atoms with Crippen LogP contribution >= 0.6 is 11.8 Å². The van der Waals surface area contributed by atoms with Crippen molar-refractivity contribution in [3.05, 3.63) is 54.1 Å². The van der Waals surface area contributed by atoms with Crippen LogP contribution in [0.1, 0.15) is 5.56 Å². The van der Waals surface area contributed by atoms with E-state index in [4.69, 9.17) is 15.2 Å². The zero-order valence-electron chi connectivity index (χ0n) is 11.5. The molecule has 0 saturated heterocycles. The van der Waals surface area contributed by atoms with Crippen molar-refractivity contribution in [3.63, 3.8) is 0 Å². The molecule has 2 aromatic carbocycles. The summed E-state index contributed by atoms with van der Waals surface area (Å²) in [5.74, 6) is 2.62.